The molecule has 6 nitrogen and oxygen atoms in total. The van der Waals surface area contributed by atoms with Gasteiger partial charge in [0.1, 0.15) is 11.5 Å². The first-order valence-corrected chi connectivity index (χ1v) is 7.29. The number of nitrogens with zero attached hydrogens (tertiary/aromatic N) is 1. The van der Waals surface area contributed by atoms with Crippen LogP contribution in [-0.2, 0) is 9.59 Å². The lowest BCUT2D eigenvalue weighted by Crippen LogP contribution is -2.37. The summed E-state index contributed by atoms with van der Waals surface area (Å²) in [6, 6.07) is 5.13. The molecule has 0 atom stereocenters. The third kappa shape index (κ3) is 5.27. The van der Waals surface area contributed by atoms with Crippen LogP contribution in [0.5, 0.6) is 11.5 Å². The molecule has 0 aliphatic carbocycles. The fourth-order valence-electron chi connectivity index (χ4n) is 1.96. The summed E-state index contributed by atoms with van der Waals surface area (Å²) in [7, 11) is 3.08. The smallest absolute Gasteiger partial charge is 0.244 e. The van der Waals surface area contributed by atoms with E-state index in [1.165, 1.54) is 18.9 Å². The van der Waals surface area contributed by atoms with Crippen molar-refractivity contribution in [2.75, 3.05) is 32.6 Å². The monoisotopic (exact) mass is 308 g/mol. The molecule has 0 spiro atoms. The fraction of sp³-hybridized carbons (Fsp3) is 0.500. The highest BCUT2D eigenvalue weighted by molar-refractivity contribution is 5.95. The van der Waals surface area contributed by atoms with Gasteiger partial charge in [-0.3, -0.25) is 9.59 Å². The molecule has 0 unspecified atom stereocenters. The van der Waals surface area contributed by atoms with Gasteiger partial charge in [-0.15, -0.1) is 0 Å². The molecule has 22 heavy (non-hydrogen) atoms. The Hall–Kier alpha value is -2.24. The van der Waals surface area contributed by atoms with Crippen molar-refractivity contribution in [2.45, 2.75) is 26.7 Å². The van der Waals surface area contributed by atoms with Gasteiger partial charge >= 0.3 is 0 Å². The van der Waals surface area contributed by atoms with Crippen LogP contribution < -0.4 is 14.8 Å². The number of carbonyl (C=O) groups is 2. The lowest BCUT2D eigenvalue weighted by atomic mass is 10.2. The van der Waals surface area contributed by atoms with E-state index in [2.05, 4.69) is 5.32 Å². The second kappa shape index (κ2) is 8.92. The van der Waals surface area contributed by atoms with E-state index < -0.39 is 0 Å². The summed E-state index contributed by atoms with van der Waals surface area (Å²) in [4.78, 5) is 25.2. The number of ether oxygens (including phenoxy) is 2. The number of anilines is 1. The van der Waals surface area contributed by atoms with Crippen LogP contribution in [0.4, 0.5) is 5.69 Å². The maximum atomic E-state index is 12.1. The van der Waals surface area contributed by atoms with Crippen LogP contribution in [0.2, 0.25) is 0 Å². The molecular formula is C16H24N2O4. The Morgan fingerprint density at radius 3 is 2.50 bits per heavy atom. The SMILES string of the molecule is CCCCN(CC(=O)Nc1ccc(OC)cc1OC)C(C)=O. The quantitative estimate of drug-likeness (QED) is 0.800. The summed E-state index contributed by atoms with van der Waals surface area (Å²) in [6.07, 6.45) is 1.84. The van der Waals surface area contributed by atoms with Gasteiger partial charge in [-0.1, -0.05) is 13.3 Å². The zero-order valence-electron chi connectivity index (χ0n) is 13.6. The minimum atomic E-state index is -0.255. The molecule has 0 saturated carbocycles. The molecule has 0 aliphatic rings. The molecule has 122 valence electrons. The van der Waals surface area contributed by atoms with Crippen molar-refractivity contribution in [3.05, 3.63) is 18.2 Å². The molecule has 2 amide bonds. The average Bonchev–Trinajstić information content (AvgIpc) is 2.51. The van der Waals surface area contributed by atoms with Gasteiger partial charge in [0.05, 0.1) is 26.5 Å². The van der Waals surface area contributed by atoms with E-state index in [4.69, 9.17) is 9.47 Å². The Balaban J connectivity index is 2.73. The zero-order valence-corrected chi connectivity index (χ0v) is 13.6. The third-order valence-corrected chi connectivity index (χ3v) is 3.24. The van der Waals surface area contributed by atoms with Gasteiger partial charge in [0.15, 0.2) is 0 Å². The summed E-state index contributed by atoms with van der Waals surface area (Å²) in [5.41, 5.74) is 0.548. The number of nitrogens with one attached hydrogen (secondary N) is 1. The number of hydrogen-bond acceptors (Lipinski definition) is 4. The topological polar surface area (TPSA) is 67.9 Å². The Labute approximate surface area is 131 Å². The van der Waals surface area contributed by atoms with Gasteiger partial charge in [-0.25, -0.2) is 0 Å². The Bertz CT molecular complexity index is 517. The van der Waals surface area contributed by atoms with Crippen molar-refractivity contribution in [1.82, 2.24) is 4.90 Å². The molecular weight excluding hydrogens is 284 g/mol. The molecule has 0 aliphatic heterocycles. The number of amides is 2. The second-order valence-corrected chi connectivity index (χ2v) is 4.91. The van der Waals surface area contributed by atoms with E-state index in [0.717, 1.165) is 12.8 Å². The molecule has 0 radical (unpaired) electrons. The van der Waals surface area contributed by atoms with E-state index in [0.29, 0.717) is 23.7 Å². The first kappa shape index (κ1) is 17.8. The highest BCUT2D eigenvalue weighted by Crippen LogP contribution is 2.28. The van der Waals surface area contributed by atoms with E-state index in [1.807, 2.05) is 6.92 Å². The Morgan fingerprint density at radius 2 is 1.95 bits per heavy atom. The summed E-state index contributed by atoms with van der Waals surface area (Å²) < 4.78 is 10.3. The van der Waals surface area contributed by atoms with Gasteiger partial charge in [0.2, 0.25) is 11.8 Å². The van der Waals surface area contributed by atoms with Crippen LogP contribution in [0.3, 0.4) is 0 Å². The predicted molar refractivity (Wildman–Crippen MR) is 85.3 cm³/mol. The standard InChI is InChI=1S/C16H24N2O4/c1-5-6-9-18(12(2)19)11-16(20)17-14-8-7-13(21-3)10-15(14)22-4/h7-8,10H,5-6,9,11H2,1-4H3,(H,17,20). The maximum Gasteiger partial charge on any atom is 0.244 e. The van der Waals surface area contributed by atoms with E-state index in [-0.39, 0.29) is 18.4 Å². The number of rotatable bonds is 8. The highest BCUT2D eigenvalue weighted by Gasteiger charge is 2.15. The zero-order chi connectivity index (χ0) is 16.5. The summed E-state index contributed by atoms with van der Waals surface area (Å²) in [5.74, 6) is 0.791. The highest BCUT2D eigenvalue weighted by atomic mass is 16.5. The Kier molecular flexibility index (Phi) is 7.22. The summed E-state index contributed by atoms with van der Waals surface area (Å²) in [5, 5.41) is 2.76. The molecule has 1 N–H and O–H groups in total. The van der Waals surface area contributed by atoms with E-state index >= 15 is 0 Å². The second-order valence-electron chi connectivity index (χ2n) is 4.91. The maximum absolute atomic E-state index is 12.1. The number of unbranched alkanes of at least 4 members (excludes halogenated alkanes) is 1. The molecule has 0 bridgehead atoms. The fourth-order valence-corrected chi connectivity index (χ4v) is 1.96. The van der Waals surface area contributed by atoms with Crippen LogP contribution in [0.1, 0.15) is 26.7 Å². The first-order chi connectivity index (χ1) is 10.5. The minimum Gasteiger partial charge on any atom is -0.497 e. The van der Waals surface area contributed by atoms with Gasteiger partial charge < -0.3 is 19.7 Å². The Morgan fingerprint density at radius 1 is 1.23 bits per heavy atom. The van der Waals surface area contributed by atoms with E-state index in [1.54, 1.807) is 25.3 Å². The summed E-state index contributed by atoms with van der Waals surface area (Å²) in [6.45, 7) is 4.13. The molecule has 1 rings (SSSR count). The average molecular weight is 308 g/mol. The first-order valence-electron chi connectivity index (χ1n) is 7.29. The summed E-state index contributed by atoms with van der Waals surface area (Å²) >= 11 is 0. The number of benzene rings is 1. The van der Waals surface area contributed by atoms with Crippen molar-refractivity contribution >= 4 is 17.5 Å². The minimum absolute atomic E-state index is 0.0323. The molecule has 0 saturated heterocycles. The predicted octanol–water partition coefficient (Wildman–Crippen LogP) is 2.29. The van der Waals surface area contributed by atoms with Crippen molar-refractivity contribution < 1.29 is 19.1 Å². The molecule has 1 aromatic carbocycles. The van der Waals surface area contributed by atoms with Crippen molar-refractivity contribution in [2.24, 2.45) is 0 Å². The third-order valence-electron chi connectivity index (χ3n) is 3.24. The lowest BCUT2D eigenvalue weighted by Gasteiger charge is -2.20. The number of carbonyl (C=O) groups excluding carboxylic acids is 2. The lowest BCUT2D eigenvalue weighted by molar-refractivity contribution is -0.132. The molecule has 0 fully saturated rings. The largest absolute Gasteiger partial charge is 0.497 e. The van der Waals surface area contributed by atoms with Gasteiger partial charge in [-0.05, 0) is 18.6 Å². The van der Waals surface area contributed by atoms with Crippen LogP contribution in [0.25, 0.3) is 0 Å². The van der Waals surface area contributed by atoms with Crippen LogP contribution in [0.15, 0.2) is 18.2 Å². The number of methoxy groups -OCH3 is 2. The molecule has 0 heterocycles. The van der Waals surface area contributed by atoms with Gasteiger partial charge in [-0.2, -0.15) is 0 Å². The van der Waals surface area contributed by atoms with Crippen molar-refractivity contribution in [1.29, 1.82) is 0 Å². The molecule has 6 heteroatoms. The number of hydrogen-bond donors (Lipinski definition) is 1. The van der Waals surface area contributed by atoms with Crippen molar-refractivity contribution in [3.63, 3.8) is 0 Å². The normalized spacial score (nSPS) is 10.0. The molecule has 0 aromatic heterocycles. The van der Waals surface area contributed by atoms with Gasteiger partial charge in [0, 0.05) is 19.5 Å². The molecule has 1 aromatic rings. The van der Waals surface area contributed by atoms with Crippen molar-refractivity contribution in [3.8, 4) is 11.5 Å². The van der Waals surface area contributed by atoms with Crippen LogP contribution >= 0.6 is 0 Å². The van der Waals surface area contributed by atoms with E-state index in [9.17, 15) is 9.59 Å². The van der Waals surface area contributed by atoms with Crippen LogP contribution in [0, 0.1) is 0 Å². The van der Waals surface area contributed by atoms with Crippen LogP contribution in [-0.4, -0.2) is 44.0 Å². The van der Waals surface area contributed by atoms with Gasteiger partial charge in [0.25, 0.3) is 0 Å².